The lowest BCUT2D eigenvalue weighted by atomic mass is 10.1. The lowest BCUT2D eigenvalue weighted by Crippen LogP contribution is -2.47. The predicted octanol–water partition coefficient (Wildman–Crippen LogP) is -0.394. The zero-order valence-electron chi connectivity index (χ0n) is 10.3. The fraction of sp³-hybridized carbons (Fsp3) is 1.00. The minimum atomic E-state index is -3.50. The van der Waals surface area contributed by atoms with Gasteiger partial charge in [-0.3, -0.25) is 0 Å². The Morgan fingerprint density at radius 2 is 1.94 bits per heavy atom. The molecule has 0 bridgehead atoms. The summed E-state index contributed by atoms with van der Waals surface area (Å²) in [5, 5.41) is 9.30. The molecule has 0 aliphatic carbocycles. The van der Waals surface area contributed by atoms with E-state index in [0.717, 1.165) is 0 Å². The van der Waals surface area contributed by atoms with E-state index in [2.05, 4.69) is 9.44 Å². The van der Waals surface area contributed by atoms with Gasteiger partial charge in [0.1, 0.15) is 0 Å². The van der Waals surface area contributed by atoms with Crippen molar-refractivity contribution in [2.75, 3.05) is 20.3 Å². The molecule has 0 aromatic rings. The summed E-state index contributed by atoms with van der Waals surface area (Å²) in [6, 6.07) is 0. The van der Waals surface area contributed by atoms with Gasteiger partial charge in [-0.1, -0.05) is 0 Å². The average molecular weight is 254 g/mol. The first-order valence-electron chi connectivity index (χ1n) is 5.12. The highest BCUT2D eigenvalue weighted by Crippen LogP contribution is 2.00. The summed E-state index contributed by atoms with van der Waals surface area (Å²) < 4.78 is 32.4. The van der Waals surface area contributed by atoms with Gasteiger partial charge < -0.3 is 9.84 Å². The van der Waals surface area contributed by atoms with Crippen molar-refractivity contribution in [3.63, 3.8) is 0 Å². The Labute approximate surface area is 97.6 Å². The first-order chi connectivity index (χ1) is 7.16. The maximum Gasteiger partial charge on any atom is 0.277 e. The van der Waals surface area contributed by atoms with Crippen LogP contribution in [0, 0.1) is 0 Å². The van der Waals surface area contributed by atoms with Crippen LogP contribution in [0.5, 0.6) is 0 Å². The quantitative estimate of drug-likeness (QED) is 0.577. The highest BCUT2D eigenvalue weighted by Gasteiger charge is 2.19. The van der Waals surface area contributed by atoms with Gasteiger partial charge in [-0.25, -0.2) is 4.72 Å². The number of aliphatic hydroxyl groups is 1. The summed E-state index contributed by atoms with van der Waals surface area (Å²) >= 11 is 0. The molecule has 0 saturated heterocycles. The summed E-state index contributed by atoms with van der Waals surface area (Å²) in [5.41, 5.74) is -0.517. The van der Waals surface area contributed by atoms with Crippen LogP contribution in [0.4, 0.5) is 0 Å². The molecule has 0 aromatic heterocycles. The normalized spacial score (nSPS) is 15.1. The molecule has 0 fully saturated rings. The second-order valence-corrected chi connectivity index (χ2v) is 6.15. The van der Waals surface area contributed by atoms with E-state index in [1.54, 1.807) is 20.8 Å². The summed E-state index contributed by atoms with van der Waals surface area (Å²) in [7, 11) is -2.02. The summed E-state index contributed by atoms with van der Waals surface area (Å²) in [6.07, 6.45) is -0.332. The van der Waals surface area contributed by atoms with Gasteiger partial charge in [-0.2, -0.15) is 13.1 Å². The highest BCUT2D eigenvalue weighted by molar-refractivity contribution is 7.87. The predicted molar refractivity (Wildman–Crippen MR) is 62.3 cm³/mol. The van der Waals surface area contributed by atoms with E-state index in [4.69, 9.17) is 4.74 Å². The third kappa shape index (κ3) is 9.05. The topological polar surface area (TPSA) is 87.7 Å². The van der Waals surface area contributed by atoms with Gasteiger partial charge in [0, 0.05) is 19.2 Å². The minimum Gasteiger partial charge on any atom is -0.391 e. The SMILES string of the molecule is COCC(O)CCNS(=O)(=O)NC(C)(C)C. The molecule has 0 aliphatic heterocycles. The van der Waals surface area contributed by atoms with Crippen LogP contribution in [0.25, 0.3) is 0 Å². The number of methoxy groups -OCH3 is 1. The molecule has 0 spiro atoms. The third-order valence-electron chi connectivity index (χ3n) is 1.57. The minimum absolute atomic E-state index is 0.177. The molecule has 6 nitrogen and oxygen atoms in total. The van der Waals surface area contributed by atoms with Gasteiger partial charge in [-0.15, -0.1) is 0 Å². The zero-order valence-corrected chi connectivity index (χ0v) is 11.1. The van der Waals surface area contributed by atoms with Crippen molar-refractivity contribution in [1.29, 1.82) is 0 Å². The second kappa shape index (κ2) is 6.51. The molecule has 0 heterocycles. The van der Waals surface area contributed by atoms with Crippen LogP contribution < -0.4 is 9.44 Å². The summed E-state index contributed by atoms with van der Waals surface area (Å²) in [4.78, 5) is 0. The fourth-order valence-electron chi connectivity index (χ4n) is 1.07. The van der Waals surface area contributed by atoms with Gasteiger partial charge in [0.2, 0.25) is 0 Å². The molecule has 7 heteroatoms. The van der Waals surface area contributed by atoms with Crippen molar-refractivity contribution in [2.24, 2.45) is 0 Å². The molecule has 0 amide bonds. The van der Waals surface area contributed by atoms with E-state index in [-0.39, 0.29) is 13.2 Å². The van der Waals surface area contributed by atoms with Crippen molar-refractivity contribution in [1.82, 2.24) is 9.44 Å². The van der Waals surface area contributed by atoms with Gasteiger partial charge >= 0.3 is 0 Å². The van der Waals surface area contributed by atoms with Gasteiger partial charge in [-0.05, 0) is 27.2 Å². The molecular weight excluding hydrogens is 232 g/mol. The third-order valence-corrected chi connectivity index (χ3v) is 3.03. The number of rotatable bonds is 7. The van der Waals surface area contributed by atoms with E-state index in [1.165, 1.54) is 7.11 Å². The zero-order chi connectivity index (χ0) is 12.8. The molecule has 1 atom stereocenters. The Hall–Kier alpha value is -0.210. The van der Waals surface area contributed by atoms with Crippen LogP contribution in [0.3, 0.4) is 0 Å². The van der Waals surface area contributed by atoms with Crippen LogP contribution in [-0.4, -0.2) is 45.4 Å². The van der Waals surface area contributed by atoms with Crippen molar-refractivity contribution < 1.29 is 18.3 Å². The number of ether oxygens (including phenoxy) is 1. The van der Waals surface area contributed by atoms with Crippen molar-refractivity contribution >= 4 is 10.2 Å². The largest absolute Gasteiger partial charge is 0.391 e. The first kappa shape index (κ1) is 15.8. The van der Waals surface area contributed by atoms with E-state index in [0.29, 0.717) is 6.42 Å². The Kier molecular flexibility index (Phi) is 6.42. The molecule has 3 N–H and O–H groups in total. The lowest BCUT2D eigenvalue weighted by molar-refractivity contribution is 0.0603. The highest BCUT2D eigenvalue weighted by atomic mass is 32.2. The first-order valence-corrected chi connectivity index (χ1v) is 6.60. The summed E-state index contributed by atoms with van der Waals surface area (Å²) in [5.74, 6) is 0. The number of nitrogens with one attached hydrogen (secondary N) is 2. The number of aliphatic hydroxyl groups excluding tert-OH is 1. The van der Waals surface area contributed by atoms with Crippen LogP contribution in [0.15, 0.2) is 0 Å². The van der Waals surface area contributed by atoms with Crippen LogP contribution >= 0.6 is 0 Å². The van der Waals surface area contributed by atoms with Gasteiger partial charge in [0.15, 0.2) is 0 Å². The molecule has 0 saturated carbocycles. The lowest BCUT2D eigenvalue weighted by Gasteiger charge is -2.20. The van der Waals surface area contributed by atoms with Crippen molar-refractivity contribution in [3.05, 3.63) is 0 Å². The summed E-state index contributed by atoms with van der Waals surface area (Å²) in [6.45, 7) is 5.65. The smallest absolute Gasteiger partial charge is 0.277 e. The molecular formula is C9H22N2O4S. The standard InChI is InChI=1S/C9H22N2O4S/c1-9(2,3)11-16(13,14)10-6-5-8(12)7-15-4/h8,10-12H,5-7H2,1-4H3. The molecule has 16 heavy (non-hydrogen) atoms. The maximum absolute atomic E-state index is 11.5. The number of hydrogen-bond acceptors (Lipinski definition) is 4. The number of hydrogen-bond donors (Lipinski definition) is 3. The molecule has 0 aliphatic rings. The molecule has 1 unspecified atom stereocenters. The Morgan fingerprint density at radius 1 is 1.38 bits per heavy atom. The monoisotopic (exact) mass is 254 g/mol. The Morgan fingerprint density at radius 3 is 2.38 bits per heavy atom. The maximum atomic E-state index is 11.5. The van der Waals surface area contributed by atoms with Crippen LogP contribution in [0.1, 0.15) is 27.2 Å². The van der Waals surface area contributed by atoms with Gasteiger partial charge in [0.05, 0.1) is 12.7 Å². The fourth-order valence-corrected chi connectivity index (χ4v) is 2.34. The molecule has 0 aromatic carbocycles. The molecule has 0 radical (unpaired) electrons. The van der Waals surface area contributed by atoms with Crippen molar-refractivity contribution in [2.45, 2.75) is 38.8 Å². The van der Waals surface area contributed by atoms with Crippen LogP contribution in [0.2, 0.25) is 0 Å². The Bertz CT molecular complexity index is 284. The molecule has 98 valence electrons. The van der Waals surface area contributed by atoms with E-state index in [1.807, 2.05) is 0 Å². The Balaban J connectivity index is 3.92. The van der Waals surface area contributed by atoms with E-state index in [9.17, 15) is 13.5 Å². The van der Waals surface area contributed by atoms with E-state index >= 15 is 0 Å². The van der Waals surface area contributed by atoms with E-state index < -0.39 is 21.9 Å². The van der Waals surface area contributed by atoms with Crippen molar-refractivity contribution in [3.8, 4) is 0 Å². The average Bonchev–Trinajstić information content (AvgIpc) is 1.98. The van der Waals surface area contributed by atoms with Gasteiger partial charge in [0.25, 0.3) is 10.2 Å². The second-order valence-electron chi connectivity index (χ2n) is 4.65. The molecule has 0 rings (SSSR count). The van der Waals surface area contributed by atoms with Crippen LogP contribution in [-0.2, 0) is 14.9 Å².